The lowest BCUT2D eigenvalue weighted by molar-refractivity contribution is 0.00602. The Bertz CT molecular complexity index is 255. The summed E-state index contributed by atoms with van der Waals surface area (Å²) in [7, 11) is 0. The summed E-state index contributed by atoms with van der Waals surface area (Å²) in [6.45, 7) is 4.30. The fourth-order valence-corrected chi connectivity index (χ4v) is 1.06. The van der Waals surface area contributed by atoms with Gasteiger partial charge in [0.1, 0.15) is 12.0 Å². The topological polar surface area (TPSA) is 47.3 Å². The average Bonchev–Trinajstić information content (AvgIpc) is 2.32. The van der Waals surface area contributed by atoms with E-state index in [-0.39, 0.29) is 0 Å². The maximum atomic E-state index is 5.49. The standard InChI is InChI=1S/C8H12N2O2/c1-6-10-7(4-11-6)5-12-8-2-9-3-8/h4,8-9H,2-3,5H2,1H3. The van der Waals surface area contributed by atoms with Gasteiger partial charge in [0, 0.05) is 20.0 Å². The monoisotopic (exact) mass is 168 g/mol. The maximum absolute atomic E-state index is 5.49. The maximum Gasteiger partial charge on any atom is 0.191 e. The van der Waals surface area contributed by atoms with E-state index in [9.17, 15) is 0 Å². The van der Waals surface area contributed by atoms with Gasteiger partial charge in [0.15, 0.2) is 5.89 Å². The van der Waals surface area contributed by atoms with E-state index in [0.29, 0.717) is 18.6 Å². The van der Waals surface area contributed by atoms with Crippen molar-refractivity contribution in [3.63, 3.8) is 0 Å². The highest BCUT2D eigenvalue weighted by Gasteiger charge is 2.17. The first-order chi connectivity index (χ1) is 5.84. The van der Waals surface area contributed by atoms with Crippen molar-refractivity contribution in [2.45, 2.75) is 19.6 Å². The molecular weight excluding hydrogens is 156 g/mol. The van der Waals surface area contributed by atoms with Gasteiger partial charge in [-0.2, -0.15) is 0 Å². The number of aryl methyl sites for hydroxylation is 1. The van der Waals surface area contributed by atoms with E-state index in [2.05, 4.69) is 10.3 Å². The lowest BCUT2D eigenvalue weighted by atomic mass is 10.2. The van der Waals surface area contributed by atoms with E-state index in [4.69, 9.17) is 9.15 Å². The van der Waals surface area contributed by atoms with Crippen molar-refractivity contribution in [2.24, 2.45) is 0 Å². The van der Waals surface area contributed by atoms with Gasteiger partial charge in [-0.05, 0) is 0 Å². The second kappa shape index (κ2) is 3.25. The third-order valence-corrected chi connectivity index (χ3v) is 1.88. The fourth-order valence-electron chi connectivity index (χ4n) is 1.06. The van der Waals surface area contributed by atoms with Crippen molar-refractivity contribution in [1.82, 2.24) is 10.3 Å². The van der Waals surface area contributed by atoms with Gasteiger partial charge in [0.05, 0.1) is 12.7 Å². The second-order valence-electron chi connectivity index (χ2n) is 2.95. The molecule has 0 amide bonds. The van der Waals surface area contributed by atoms with Crippen molar-refractivity contribution in [3.05, 3.63) is 17.8 Å². The van der Waals surface area contributed by atoms with Crippen LogP contribution < -0.4 is 5.32 Å². The van der Waals surface area contributed by atoms with E-state index >= 15 is 0 Å². The highest BCUT2D eigenvalue weighted by molar-refractivity contribution is 4.93. The molecule has 1 aromatic rings. The molecule has 1 fully saturated rings. The zero-order valence-corrected chi connectivity index (χ0v) is 7.04. The molecular formula is C8H12N2O2. The van der Waals surface area contributed by atoms with E-state index in [1.165, 1.54) is 0 Å². The van der Waals surface area contributed by atoms with Crippen LogP contribution in [-0.4, -0.2) is 24.2 Å². The number of nitrogens with zero attached hydrogens (tertiary/aromatic N) is 1. The van der Waals surface area contributed by atoms with E-state index in [1.54, 1.807) is 6.26 Å². The van der Waals surface area contributed by atoms with Gasteiger partial charge in [-0.3, -0.25) is 0 Å². The normalized spacial score (nSPS) is 17.8. The first-order valence-corrected chi connectivity index (χ1v) is 4.08. The van der Waals surface area contributed by atoms with Crippen LogP contribution in [0.2, 0.25) is 0 Å². The third kappa shape index (κ3) is 1.65. The molecule has 12 heavy (non-hydrogen) atoms. The molecule has 4 nitrogen and oxygen atoms in total. The number of ether oxygens (including phenoxy) is 1. The molecule has 1 aliphatic rings. The molecule has 0 unspecified atom stereocenters. The molecule has 1 saturated heterocycles. The lowest BCUT2D eigenvalue weighted by Crippen LogP contribution is -2.48. The van der Waals surface area contributed by atoms with Gasteiger partial charge in [-0.25, -0.2) is 4.98 Å². The van der Waals surface area contributed by atoms with Gasteiger partial charge in [-0.15, -0.1) is 0 Å². The van der Waals surface area contributed by atoms with Crippen LogP contribution in [0.1, 0.15) is 11.6 Å². The Balaban J connectivity index is 1.79. The van der Waals surface area contributed by atoms with E-state index in [0.717, 1.165) is 18.8 Å². The summed E-state index contributed by atoms with van der Waals surface area (Å²) in [6.07, 6.45) is 2.00. The molecule has 0 bridgehead atoms. The first kappa shape index (κ1) is 7.76. The van der Waals surface area contributed by atoms with Gasteiger partial charge in [-0.1, -0.05) is 0 Å². The van der Waals surface area contributed by atoms with Gasteiger partial charge < -0.3 is 14.5 Å². The Morgan fingerprint density at radius 3 is 3.08 bits per heavy atom. The fraction of sp³-hybridized carbons (Fsp3) is 0.625. The van der Waals surface area contributed by atoms with Crippen LogP contribution in [0.25, 0.3) is 0 Å². The van der Waals surface area contributed by atoms with Crippen LogP contribution in [0.15, 0.2) is 10.7 Å². The second-order valence-corrected chi connectivity index (χ2v) is 2.95. The highest BCUT2D eigenvalue weighted by atomic mass is 16.5. The molecule has 2 heterocycles. The quantitative estimate of drug-likeness (QED) is 0.712. The predicted octanol–water partition coefficient (Wildman–Crippen LogP) is 0.471. The predicted molar refractivity (Wildman–Crippen MR) is 42.7 cm³/mol. The molecule has 4 heteroatoms. The minimum atomic E-state index is 0.363. The Hall–Kier alpha value is -0.870. The molecule has 66 valence electrons. The molecule has 1 aliphatic heterocycles. The number of rotatable bonds is 3. The van der Waals surface area contributed by atoms with Crippen LogP contribution in [0.5, 0.6) is 0 Å². The van der Waals surface area contributed by atoms with Crippen molar-refractivity contribution in [3.8, 4) is 0 Å². The summed E-state index contributed by atoms with van der Waals surface area (Å²) >= 11 is 0. The first-order valence-electron chi connectivity index (χ1n) is 4.08. The van der Waals surface area contributed by atoms with Crippen LogP contribution in [-0.2, 0) is 11.3 Å². The van der Waals surface area contributed by atoms with Crippen LogP contribution in [0, 0.1) is 6.92 Å². The molecule has 2 rings (SSSR count). The van der Waals surface area contributed by atoms with Crippen molar-refractivity contribution in [2.75, 3.05) is 13.1 Å². The summed E-state index contributed by atoms with van der Waals surface area (Å²) in [5.41, 5.74) is 0.874. The largest absolute Gasteiger partial charge is 0.449 e. The van der Waals surface area contributed by atoms with Gasteiger partial charge >= 0.3 is 0 Å². The van der Waals surface area contributed by atoms with Crippen molar-refractivity contribution in [1.29, 1.82) is 0 Å². The molecule has 1 aromatic heterocycles. The van der Waals surface area contributed by atoms with Crippen LogP contribution in [0.4, 0.5) is 0 Å². The molecule has 0 radical (unpaired) electrons. The number of aromatic nitrogens is 1. The minimum absolute atomic E-state index is 0.363. The minimum Gasteiger partial charge on any atom is -0.449 e. The molecule has 0 saturated carbocycles. The molecule has 0 spiro atoms. The Morgan fingerprint density at radius 2 is 2.58 bits per heavy atom. The summed E-state index contributed by atoms with van der Waals surface area (Å²) in [5, 5.41) is 3.13. The van der Waals surface area contributed by atoms with E-state index in [1.807, 2.05) is 6.92 Å². The van der Waals surface area contributed by atoms with Crippen LogP contribution in [0.3, 0.4) is 0 Å². The zero-order chi connectivity index (χ0) is 8.39. The van der Waals surface area contributed by atoms with Gasteiger partial charge in [0.25, 0.3) is 0 Å². The van der Waals surface area contributed by atoms with Crippen molar-refractivity contribution >= 4 is 0 Å². The summed E-state index contributed by atoms with van der Waals surface area (Å²) in [6, 6.07) is 0. The number of hydrogen-bond acceptors (Lipinski definition) is 4. The summed E-state index contributed by atoms with van der Waals surface area (Å²) in [4.78, 5) is 4.13. The SMILES string of the molecule is Cc1nc(COC2CNC2)co1. The Labute approximate surface area is 70.9 Å². The summed E-state index contributed by atoms with van der Waals surface area (Å²) < 4.78 is 10.5. The number of oxazole rings is 1. The summed E-state index contributed by atoms with van der Waals surface area (Å²) in [5.74, 6) is 0.695. The average molecular weight is 168 g/mol. The van der Waals surface area contributed by atoms with Crippen molar-refractivity contribution < 1.29 is 9.15 Å². The van der Waals surface area contributed by atoms with E-state index < -0.39 is 0 Å². The Kier molecular flexibility index (Phi) is 2.10. The number of hydrogen-bond donors (Lipinski definition) is 1. The third-order valence-electron chi connectivity index (χ3n) is 1.88. The molecule has 0 aliphatic carbocycles. The zero-order valence-electron chi connectivity index (χ0n) is 7.04. The Morgan fingerprint density at radius 1 is 1.75 bits per heavy atom. The van der Waals surface area contributed by atoms with Gasteiger partial charge in [0.2, 0.25) is 0 Å². The smallest absolute Gasteiger partial charge is 0.191 e. The highest BCUT2D eigenvalue weighted by Crippen LogP contribution is 2.05. The molecule has 0 atom stereocenters. The number of nitrogens with one attached hydrogen (secondary N) is 1. The molecule has 0 aromatic carbocycles. The van der Waals surface area contributed by atoms with Crippen LogP contribution >= 0.6 is 0 Å². The molecule has 1 N–H and O–H groups in total. The lowest BCUT2D eigenvalue weighted by Gasteiger charge is -2.26.